The summed E-state index contributed by atoms with van der Waals surface area (Å²) in [4.78, 5) is 18.4. The first kappa shape index (κ1) is 18.4. The van der Waals surface area contributed by atoms with Crippen molar-refractivity contribution < 1.29 is 13.2 Å². The van der Waals surface area contributed by atoms with Crippen LogP contribution in [0.15, 0.2) is 58.5 Å². The Bertz CT molecular complexity index is 789. The molecule has 2 heterocycles. The summed E-state index contributed by atoms with van der Waals surface area (Å²) in [6.45, 7) is 2.77. The maximum Gasteiger partial charge on any atom is 0.272 e. The van der Waals surface area contributed by atoms with Gasteiger partial charge in [0, 0.05) is 32.4 Å². The number of pyridine rings is 1. The van der Waals surface area contributed by atoms with Gasteiger partial charge in [-0.25, -0.2) is 13.4 Å². The van der Waals surface area contributed by atoms with Crippen LogP contribution in [0.3, 0.4) is 0 Å². The number of piperazine rings is 1. The number of benzene rings is 1. The highest BCUT2D eigenvalue weighted by molar-refractivity contribution is 7.91. The van der Waals surface area contributed by atoms with Gasteiger partial charge in [-0.1, -0.05) is 18.2 Å². The molecule has 0 unspecified atom stereocenters. The lowest BCUT2D eigenvalue weighted by Gasteiger charge is -2.27. The van der Waals surface area contributed by atoms with Crippen molar-refractivity contribution in [3.8, 4) is 0 Å². The zero-order valence-corrected chi connectivity index (χ0v) is 14.5. The number of aromatic nitrogens is 1. The van der Waals surface area contributed by atoms with E-state index in [-0.39, 0.29) is 33.8 Å². The predicted octanol–water partition coefficient (Wildman–Crippen LogP) is 1.38. The van der Waals surface area contributed by atoms with Gasteiger partial charge in [0.2, 0.25) is 9.84 Å². The first-order valence-electron chi connectivity index (χ1n) is 7.35. The average Bonchev–Trinajstić information content (AvgIpc) is 2.63. The number of carbonyl (C=O) groups is 1. The van der Waals surface area contributed by atoms with Crippen molar-refractivity contribution >= 4 is 28.2 Å². The summed E-state index contributed by atoms with van der Waals surface area (Å²) in [5.74, 6) is -0.171. The molecule has 0 radical (unpaired) electrons. The van der Waals surface area contributed by atoms with Gasteiger partial charge >= 0.3 is 0 Å². The number of hydrogen-bond donors (Lipinski definition) is 1. The fraction of sp³-hybridized carbons (Fsp3) is 0.250. The Labute approximate surface area is 147 Å². The molecule has 128 valence electrons. The predicted molar refractivity (Wildman–Crippen MR) is 92.2 cm³/mol. The van der Waals surface area contributed by atoms with Gasteiger partial charge in [-0.3, -0.25) is 4.79 Å². The van der Waals surface area contributed by atoms with Crippen LogP contribution in [0.2, 0.25) is 0 Å². The van der Waals surface area contributed by atoms with Crippen molar-refractivity contribution in [2.75, 3.05) is 26.2 Å². The molecule has 1 saturated heterocycles. The van der Waals surface area contributed by atoms with Gasteiger partial charge in [-0.2, -0.15) is 0 Å². The lowest BCUT2D eigenvalue weighted by atomic mass is 10.3. The van der Waals surface area contributed by atoms with Gasteiger partial charge in [0.1, 0.15) is 5.69 Å². The summed E-state index contributed by atoms with van der Waals surface area (Å²) in [6, 6.07) is 11.1. The Morgan fingerprint density at radius 1 is 1.00 bits per heavy atom. The Hall–Kier alpha value is -1.96. The SMILES string of the molecule is Cl.O=C(c1ccc(S(=O)(=O)c2ccccc2)cn1)N1CCNCC1. The topological polar surface area (TPSA) is 79.4 Å². The van der Waals surface area contributed by atoms with E-state index in [1.807, 2.05) is 0 Å². The van der Waals surface area contributed by atoms with Crippen LogP contribution in [-0.2, 0) is 9.84 Å². The van der Waals surface area contributed by atoms with Crippen LogP contribution in [0.5, 0.6) is 0 Å². The van der Waals surface area contributed by atoms with E-state index in [1.54, 1.807) is 23.1 Å². The maximum atomic E-state index is 12.5. The summed E-state index contributed by atoms with van der Waals surface area (Å²) in [6.07, 6.45) is 1.25. The lowest BCUT2D eigenvalue weighted by Crippen LogP contribution is -2.46. The van der Waals surface area contributed by atoms with Crippen LogP contribution in [0, 0.1) is 0 Å². The van der Waals surface area contributed by atoms with E-state index in [9.17, 15) is 13.2 Å². The van der Waals surface area contributed by atoms with Gasteiger partial charge in [0.05, 0.1) is 9.79 Å². The lowest BCUT2D eigenvalue weighted by molar-refractivity contribution is 0.0729. The second-order valence-electron chi connectivity index (χ2n) is 5.24. The van der Waals surface area contributed by atoms with Crippen LogP contribution < -0.4 is 5.32 Å². The van der Waals surface area contributed by atoms with Gasteiger partial charge in [-0.05, 0) is 24.3 Å². The third kappa shape index (κ3) is 3.75. The molecule has 2 aromatic rings. The molecule has 1 amide bonds. The van der Waals surface area contributed by atoms with E-state index in [0.717, 1.165) is 13.1 Å². The first-order valence-corrected chi connectivity index (χ1v) is 8.83. The van der Waals surface area contributed by atoms with Crippen LogP contribution in [-0.4, -0.2) is 50.4 Å². The van der Waals surface area contributed by atoms with Crippen molar-refractivity contribution in [1.82, 2.24) is 15.2 Å². The highest BCUT2D eigenvalue weighted by Crippen LogP contribution is 2.20. The van der Waals surface area contributed by atoms with E-state index in [0.29, 0.717) is 13.1 Å². The Morgan fingerprint density at radius 2 is 1.67 bits per heavy atom. The van der Waals surface area contributed by atoms with Gasteiger partial charge in [-0.15, -0.1) is 12.4 Å². The maximum absolute atomic E-state index is 12.5. The van der Waals surface area contributed by atoms with Crippen LogP contribution in [0.1, 0.15) is 10.5 Å². The summed E-state index contributed by atoms with van der Waals surface area (Å²) in [7, 11) is -3.60. The molecular weight excluding hydrogens is 350 g/mol. The number of halogens is 1. The minimum Gasteiger partial charge on any atom is -0.335 e. The molecule has 3 rings (SSSR count). The zero-order chi connectivity index (χ0) is 16.3. The molecule has 1 N–H and O–H groups in total. The van der Waals surface area contributed by atoms with Crippen molar-refractivity contribution in [1.29, 1.82) is 0 Å². The normalized spacial score (nSPS) is 14.8. The third-order valence-corrected chi connectivity index (χ3v) is 5.48. The minimum atomic E-state index is -3.60. The molecule has 0 spiro atoms. The molecule has 0 atom stereocenters. The quantitative estimate of drug-likeness (QED) is 0.886. The summed E-state index contributed by atoms with van der Waals surface area (Å²) in [5.41, 5.74) is 0.263. The van der Waals surface area contributed by atoms with E-state index in [2.05, 4.69) is 10.3 Å². The average molecular weight is 368 g/mol. The molecule has 0 saturated carbocycles. The molecule has 1 aromatic carbocycles. The van der Waals surface area contributed by atoms with E-state index in [4.69, 9.17) is 0 Å². The number of hydrogen-bond acceptors (Lipinski definition) is 5. The smallest absolute Gasteiger partial charge is 0.272 e. The number of carbonyl (C=O) groups excluding carboxylic acids is 1. The third-order valence-electron chi connectivity index (χ3n) is 3.72. The number of rotatable bonds is 3. The first-order chi connectivity index (χ1) is 11.1. The monoisotopic (exact) mass is 367 g/mol. The molecule has 24 heavy (non-hydrogen) atoms. The number of amides is 1. The Balaban J connectivity index is 0.00000208. The van der Waals surface area contributed by atoms with Gasteiger partial charge in [0.25, 0.3) is 5.91 Å². The molecule has 1 fully saturated rings. The number of nitrogens with one attached hydrogen (secondary N) is 1. The van der Waals surface area contributed by atoms with Crippen molar-refractivity contribution in [3.63, 3.8) is 0 Å². The Morgan fingerprint density at radius 3 is 2.25 bits per heavy atom. The van der Waals surface area contributed by atoms with Crippen molar-refractivity contribution in [2.45, 2.75) is 9.79 Å². The van der Waals surface area contributed by atoms with E-state index in [1.165, 1.54) is 30.5 Å². The number of nitrogens with zero attached hydrogens (tertiary/aromatic N) is 2. The highest BCUT2D eigenvalue weighted by Gasteiger charge is 2.21. The summed E-state index contributed by atoms with van der Waals surface area (Å²) in [5, 5.41) is 3.17. The van der Waals surface area contributed by atoms with Crippen LogP contribution in [0.4, 0.5) is 0 Å². The molecule has 6 nitrogen and oxygen atoms in total. The molecule has 0 bridgehead atoms. The molecule has 8 heteroatoms. The summed E-state index contributed by atoms with van der Waals surface area (Å²) >= 11 is 0. The van der Waals surface area contributed by atoms with E-state index >= 15 is 0 Å². The fourth-order valence-electron chi connectivity index (χ4n) is 2.43. The molecule has 1 aliphatic heterocycles. The minimum absolute atomic E-state index is 0. The van der Waals surface area contributed by atoms with Crippen LogP contribution in [0.25, 0.3) is 0 Å². The second kappa shape index (κ2) is 7.74. The number of sulfone groups is 1. The molecule has 1 aliphatic rings. The highest BCUT2D eigenvalue weighted by atomic mass is 35.5. The molecule has 0 aliphatic carbocycles. The van der Waals surface area contributed by atoms with Crippen LogP contribution >= 0.6 is 12.4 Å². The zero-order valence-electron chi connectivity index (χ0n) is 12.9. The van der Waals surface area contributed by atoms with Gasteiger partial charge < -0.3 is 10.2 Å². The van der Waals surface area contributed by atoms with Crippen molar-refractivity contribution in [2.24, 2.45) is 0 Å². The van der Waals surface area contributed by atoms with Crippen molar-refractivity contribution in [3.05, 3.63) is 54.4 Å². The molecular formula is C16H18ClN3O3S. The second-order valence-corrected chi connectivity index (χ2v) is 7.19. The summed E-state index contributed by atoms with van der Waals surface area (Å²) < 4.78 is 24.9. The largest absolute Gasteiger partial charge is 0.335 e. The fourth-order valence-corrected chi connectivity index (χ4v) is 3.66. The van der Waals surface area contributed by atoms with E-state index < -0.39 is 9.84 Å². The molecule has 1 aromatic heterocycles. The Kier molecular flexibility index (Phi) is 5.93. The van der Waals surface area contributed by atoms with Gasteiger partial charge in [0.15, 0.2) is 0 Å². The standard InChI is InChI=1S/C16H17N3O3S.ClH/c20-16(19-10-8-17-9-11-19)15-7-6-14(12-18-15)23(21,22)13-4-2-1-3-5-13;/h1-7,12,17H,8-11H2;1H.